The molecule has 110 valence electrons. The number of benzene rings is 1. The standard InChI is InChI=1S/C18H15FN2O/c1-10(9-22)17-11(2)20-18(21-12(17)3)16-6-4-13-8-14(19)5-7-15(13)16/h5-9H,1,4H2,2-3H3. The van der Waals surface area contributed by atoms with E-state index < -0.39 is 0 Å². The lowest BCUT2D eigenvalue weighted by atomic mass is 10.0. The van der Waals surface area contributed by atoms with Gasteiger partial charge in [-0.05, 0) is 43.5 Å². The van der Waals surface area contributed by atoms with E-state index in [2.05, 4.69) is 16.5 Å². The molecule has 22 heavy (non-hydrogen) atoms. The van der Waals surface area contributed by atoms with Gasteiger partial charge in [0.05, 0.1) is 0 Å². The number of carbonyl (C=O) groups is 1. The van der Waals surface area contributed by atoms with E-state index in [0.29, 0.717) is 29.7 Å². The molecule has 0 fully saturated rings. The summed E-state index contributed by atoms with van der Waals surface area (Å²) in [4.78, 5) is 20.0. The fourth-order valence-corrected chi connectivity index (χ4v) is 2.89. The van der Waals surface area contributed by atoms with Crippen molar-refractivity contribution in [2.24, 2.45) is 0 Å². The molecule has 0 spiro atoms. The topological polar surface area (TPSA) is 42.9 Å². The quantitative estimate of drug-likeness (QED) is 0.643. The molecule has 2 aromatic rings. The van der Waals surface area contributed by atoms with Gasteiger partial charge in [0.15, 0.2) is 5.82 Å². The van der Waals surface area contributed by atoms with E-state index in [1.54, 1.807) is 12.1 Å². The van der Waals surface area contributed by atoms with Crippen LogP contribution in [0.25, 0.3) is 11.1 Å². The van der Waals surface area contributed by atoms with E-state index in [4.69, 9.17) is 0 Å². The number of aryl methyl sites for hydroxylation is 2. The summed E-state index contributed by atoms with van der Waals surface area (Å²) in [6, 6.07) is 4.75. The SMILES string of the molecule is C=C(C=O)c1c(C)nc(C2=CCc3cc(F)ccc32)nc1C. The highest BCUT2D eigenvalue weighted by molar-refractivity contribution is 6.06. The molecular weight excluding hydrogens is 279 g/mol. The first kappa shape index (κ1) is 14.3. The minimum absolute atomic E-state index is 0.237. The first-order chi connectivity index (χ1) is 10.5. The van der Waals surface area contributed by atoms with Gasteiger partial charge in [-0.2, -0.15) is 0 Å². The number of allylic oxidation sites excluding steroid dienone is 2. The number of fused-ring (bicyclic) bond motifs is 1. The summed E-state index contributed by atoms with van der Waals surface area (Å²) in [6.07, 6.45) is 3.39. The molecule has 1 aliphatic rings. The van der Waals surface area contributed by atoms with Crippen molar-refractivity contribution in [1.29, 1.82) is 0 Å². The molecule has 0 unspecified atom stereocenters. The molecule has 0 saturated heterocycles. The average molecular weight is 294 g/mol. The highest BCUT2D eigenvalue weighted by Crippen LogP contribution is 2.32. The van der Waals surface area contributed by atoms with Gasteiger partial charge in [0.2, 0.25) is 0 Å². The Balaban J connectivity index is 2.09. The third kappa shape index (κ3) is 2.26. The number of aromatic nitrogens is 2. The van der Waals surface area contributed by atoms with E-state index in [9.17, 15) is 9.18 Å². The number of hydrogen-bond acceptors (Lipinski definition) is 3. The third-order valence-corrected chi connectivity index (χ3v) is 3.86. The van der Waals surface area contributed by atoms with Gasteiger partial charge in [-0.25, -0.2) is 14.4 Å². The van der Waals surface area contributed by atoms with Crippen molar-refractivity contribution in [2.75, 3.05) is 0 Å². The molecule has 0 amide bonds. The third-order valence-electron chi connectivity index (χ3n) is 3.86. The van der Waals surface area contributed by atoms with Crippen LogP contribution in [0, 0.1) is 19.7 Å². The molecule has 0 radical (unpaired) electrons. The van der Waals surface area contributed by atoms with Gasteiger partial charge in [0.1, 0.15) is 12.1 Å². The Labute approximate surface area is 128 Å². The molecule has 1 aliphatic carbocycles. The number of carbonyl (C=O) groups excluding carboxylic acids is 1. The molecule has 1 heterocycles. The molecule has 0 N–H and O–H groups in total. The predicted octanol–water partition coefficient (Wildman–Crippen LogP) is 3.43. The summed E-state index contributed by atoms with van der Waals surface area (Å²) < 4.78 is 13.3. The summed E-state index contributed by atoms with van der Waals surface area (Å²) in [7, 11) is 0. The van der Waals surface area contributed by atoms with Crippen molar-refractivity contribution in [3.05, 3.63) is 70.6 Å². The van der Waals surface area contributed by atoms with Crippen LogP contribution in [0.1, 0.15) is 33.9 Å². The second-order valence-electron chi connectivity index (χ2n) is 5.36. The molecular formula is C18H15FN2O. The van der Waals surface area contributed by atoms with Gasteiger partial charge in [-0.15, -0.1) is 0 Å². The van der Waals surface area contributed by atoms with Crippen LogP contribution in [0.15, 0.2) is 30.9 Å². The van der Waals surface area contributed by atoms with Gasteiger partial charge in [0.25, 0.3) is 0 Å². The average Bonchev–Trinajstić information content (AvgIpc) is 2.89. The summed E-state index contributed by atoms with van der Waals surface area (Å²) in [5.74, 6) is 0.363. The lowest BCUT2D eigenvalue weighted by Gasteiger charge is -2.11. The monoisotopic (exact) mass is 294 g/mol. The Morgan fingerprint density at radius 2 is 1.95 bits per heavy atom. The second-order valence-corrected chi connectivity index (χ2v) is 5.36. The number of rotatable bonds is 3. The number of aldehydes is 1. The smallest absolute Gasteiger partial charge is 0.159 e. The number of hydrogen-bond donors (Lipinski definition) is 0. The first-order valence-corrected chi connectivity index (χ1v) is 7.00. The van der Waals surface area contributed by atoms with Crippen LogP contribution in [-0.4, -0.2) is 16.3 Å². The highest BCUT2D eigenvalue weighted by Gasteiger charge is 2.20. The van der Waals surface area contributed by atoms with Crippen LogP contribution >= 0.6 is 0 Å². The van der Waals surface area contributed by atoms with Crippen LogP contribution in [0.3, 0.4) is 0 Å². The van der Waals surface area contributed by atoms with E-state index in [0.717, 1.165) is 28.1 Å². The minimum Gasteiger partial charge on any atom is -0.298 e. The fraction of sp³-hybridized carbons (Fsp3) is 0.167. The lowest BCUT2D eigenvalue weighted by Crippen LogP contribution is -2.05. The van der Waals surface area contributed by atoms with Gasteiger partial charge in [-0.3, -0.25) is 4.79 Å². The normalized spacial score (nSPS) is 12.8. The van der Waals surface area contributed by atoms with Crippen LogP contribution in [0.4, 0.5) is 4.39 Å². The van der Waals surface area contributed by atoms with Crippen LogP contribution in [0.5, 0.6) is 0 Å². The number of nitrogens with zero attached hydrogens (tertiary/aromatic N) is 2. The largest absolute Gasteiger partial charge is 0.298 e. The van der Waals surface area contributed by atoms with Crippen molar-refractivity contribution in [2.45, 2.75) is 20.3 Å². The molecule has 0 saturated carbocycles. The van der Waals surface area contributed by atoms with Gasteiger partial charge in [0, 0.05) is 28.1 Å². The van der Waals surface area contributed by atoms with E-state index in [1.165, 1.54) is 6.07 Å². The van der Waals surface area contributed by atoms with Crippen molar-refractivity contribution in [1.82, 2.24) is 9.97 Å². The molecule has 3 rings (SSSR count). The van der Waals surface area contributed by atoms with Crippen molar-refractivity contribution < 1.29 is 9.18 Å². The maximum atomic E-state index is 13.3. The highest BCUT2D eigenvalue weighted by atomic mass is 19.1. The van der Waals surface area contributed by atoms with Gasteiger partial charge >= 0.3 is 0 Å². The van der Waals surface area contributed by atoms with Crippen molar-refractivity contribution in [3.8, 4) is 0 Å². The molecule has 1 aromatic heterocycles. The van der Waals surface area contributed by atoms with E-state index in [-0.39, 0.29) is 5.82 Å². The summed E-state index contributed by atoms with van der Waals surface area (Å²) in [6.45, 7) is 7.41. The summed E-state index contributed by atoms with van der Waals surface area (Å²) in [5.41, 5.74) is 5.31. The maximum absolute atomic E-state index is 13.3. The Bertz CT molecular complexity index is 814. The summed E-state index contributed by atoms with van der Waals surface area (Å²) in [5, 5.41) is 0. The summed E-state index contributed by atoms with van der Waals surface area (Å²) >= 11 is 0. The molecule has 3 nitrogen and oxygen atoms in total. The molecule has 0 aliphatic heterocycles. The fourth-order valence-electron chi connectivity index (χ4n) is 2.89. The Morgan fingerprint density at radius 1 is 1.27 bits per heavy atom. The zero-order valence-electron chi connectivity index (χ0n) is 12.5. The van der Waals surface area contributed by atoms with Crippen molar-refractivity contribution >= 4 is 17.4 Å². The van der Waals surface area contributed by atoms with Crippen molar-refractivity contribution in [3.63, 3.8) is 0 Å². The zero-order chi connectivity index (χ0) is 15.9. The minimum atomic E-state index is -0.237. The van der Waals surface area contributed by atoms with Gasteiger partial charge < -0.3 is 0 Å². The Hall–Kier alpha value is -2.62. The second kappa shape index (κ2) is 5.30. The molecule has 0 bridgehead atoms. The first-order valence-electron chi connectivity index (χ1n) is 7.00. The van der Waals surface area contributed by atoms with E-state index >= 15 is 0 Å². The van der Waals surface area contributed by atoms with Crippen LogP contribution in [0.2, 0.25) is 0 Å². The number of halogens is 1. The van der Waals surface area contributed by atoms with Gasteiger partial charge in [-0.1, -0.05) is 18.7 Å². The molecule has 0 atom stereocenters. The maximum Gasteiger partial charge on any atom is 0.159 e. The Kier molecular flexibility index (Phi) is 3.45. The molecule has 1 aromatic carbocycles. The zero-order valence-corrected chi connectivity index (χ0v) is 12.5. The lowest BCUT2D eigenvalue weighted by molar-refractivity contribution is -0.103. The Morgan fingerprint density at radius 3 is 2.59 bits per heavy atom. The van der Waals surface area contributed by atoms with Crippen LogP contribution < -0.4 is 0 Å². The predicted molar refractivity (Wildman–Crippen MR) is 83.8 cm³/mol. The molecule has 4 heteroatoms. The van der Waals surface area contributed by atoms with E-state index in [1.807, 2.05) is 19.9 Å². The van der Waals surface area contributed by atoms with Crippen LogP contribution in [-0.2, 0) is 11.2 Å².